The van der Waals surface area contributed by atoms with Crippen LogP contribution in [0.4, 0.5) is 5.69 Å². The Hall–Kier alpha value is -1.59. The predicted molar refractivity (Wildman–Crippen MR) is 84.1 cm³/mol. The third-order valence-corrected chi connectivity index (χ3v) is 4.99. The lowest BCUT2D eigenvalue weighted by Crippen LogP contribution is -2.42. The topological polar surface area (TPSA) is 60.9 Å². The summed E-state index contributed by atoms with van der Waals surface area (Å²) in [6, 6.07) is 7.04. The number of nitrogens with zero attached hydrogens (tertiary/aromatic N) is 2. The molecule has 0 aliphatic carbocycles. The molecule has 2 atom stereocenters. The van der Waals surface area contributed by atoms with Crippen molar-refractivity contribution in [3.05, 3.63) is 29.3 Å². The van der Waals surface area contributed by atoms with Crippen LogP contribution < -0.4 is 4.90 Å². The maximum Gasteiger partial charge on any atom is 0.310 e. The number of aliphatic carboxylic acids is 1. The van der Waals surface area contributed by atoms with Crippen molar-refractivity contribution in [2.45, 2.75) is 25.8 Å². The first kappa shape index (κ1) is 15.3. The normalized spacial score (nSPS) is 29.3. The molecule has 0 saturated carbocycles. The number of carbonyl (C=O) groups excluding carboxylic acids is 1. The van der Waals surface area contributed by atoms with Crippen molar-refractivity contribution >= 4 is 29.2 Å². The second-order valence-electron chi connectivity index (χ2n) is 6.36. The highest BCUT2D eigenvalue weighted by Crippen LogP contribution is 2.34. The highest BCUT2D eigenvalue weighted by molar-refractivity contribution is 6.31. The SMILES string of the molecule is CC1(C(=O)O)CCN(C2CCN(c3cccc(Cl)c3)C2=O)C1. The fraction of sp³-hybridized carbons (Fsp3) is 0.500. The van der Waals surface area contributed by atoms with Crippen molar-refractivity contribution in [2.24, 2.45) is 5.41 Å². The molecule has 1 aromatic carbocycles. The average molecular weight is 323 g/mol. The highest BCUT2D eigenvalue weighted by Gasteiger charge is 2.46. The lowest BCUT2D eigenvalue weighted by Gasteiger charge is -2.25. The van der Waals surface area contributed by atoms with Crippen LogP contribution in [0.15, 0.2) is 24.3 Å². The van der Waals surface area contributed by atoms with Gasteiger partial charge in [-0.25, -0.2) is 0 Å². The molecular formula is C16H19ClN2O3. The number of anilines is 1. The standard InChI is InChI=1S/C16H19ClN2O3/c1-16(15(21)22)6-8-18(10-16)13-5-7-19(14(13)20)12-4-2-3-11(17)9-12/h2-4,9,13H,5-8,10H2,1H3,(H,21,22). The van der Waals surface area contributed by atoms with Gasteiger partial charge in [0.05, 0.1) is 11.5 Å². The molecule has 118 valence electrons. The van der Waals surface area contributed by atoms with Crippen LogP contribution in [-0.4, -0.2) is 47.6 Å². The molecule has 0 aromatic heterocycles. The number of rotatable bonds is 3. The summed E-state index contributed by atoms with van der Waals surface area (Å²) in [6.45, 7) is 3.48. The van der Waals surface area contributed by atoms with E-state index in [1.165, 1.54) is 0 Å². The lowest BCUT2D eigenvalue weighted by atomic mass is 9.90. The summed E-state index contributed by atoms with van der Waals surface area (Å²) in [4.78, 5) is 27.8. The molecular weight excluding hydrogens is 304 g/mol. The summed E-state index contributed by atoms with van der Waals surface area (Å²) in [5.41, 5.74) is 0.0595. The van der Waals surface area contributed by atoms with Crippen LogP contribution in [0.1, 0.15) is 19.8 Å². The summed E-state index contributed by atoms with van der Waals surface area (Å²) in [6.07, 6.45) is 1.31. The Kier molecular flexibility index (Phi) is 3.87. The Morgan fingerprint density at radius 3 is 2.82 bits per heavy atom. The molecule has 5 nitrogen and oxygen atoms in total. The van der Waals surface area contributed by atoms with Gasteiger partial charge >= 0.3 is 5.97 Å². The molecule has 2 aliphatic heterocycles. The fourth-order valence-corrected chi connectivity index (χ4v) is 3.53. The first-order chi connectivity index (χ1) is 10.4. The molecule has 1 amide bonds. The van der Waals surface area contributed by atoms with Crippen LogP contribution in [-0.2, 0) is 9.59 Å². The van der Waals surface area contributed by atoms with Crippen LogP contribution in [0.3, 0.4) is 0 Å². The van der Waals surface area contributed by atoms with Gasteiger partial charge in [0.2, 0.25) is 5.91 Å². The fourth-order valence-electron chi connectivity index (χ4n) is 3.34. The molecule has 2 aliphatic rings. The molecule has 2 saturated heterocycles. The van der Waals surface area contributed by atoms with Gasteiger partial charge in [-0.2, -0.15) is 0 Å². The molecule has 2 unspecified atom stereocenters. The molecule has 2 fully saturated rings. The van der Waals surface area contributed by atoms with Crippen molar-refractivity contribution in [1.82, 2.24) is 4.90 Å². The first-order valence-corrected chi connectivity index (χ1v) is 7.83. The van der Waals surface area contributed by atoms with Gasteiger partial charge in [0.1, 0.15) is 0 Å². The summed E-state index contributed by atoms with van der Waals surface area (Å²) in [5.74, 6) is -0.746. The molecule has 3 rings (SSSR count). The molecule has 0 bridgehead atoms. The van der Waals surface area contributed by atoms with E-state index in [9.17, 15) is 14.7 Å². The van der Waals surface area contributed by atoms with E-state index in [1.54, 1.807) is 24.0 Å². The molecule has 1 N–H and O–H groups in total. The Balaban J connectivity index is 1.74. The average Bonchev–Trinajstić information content (AvgIpc) is 3.03. The van der Waals surface area contributed by atoms with Crippen LogP contribution >= 0.6 is 11.6 Å². The van der Waals surface area contributed by atoms with Gasteiger partial charge in [-0.3, -0.25) is 14.5 Å². The summed E-state index contributed by atoms with van der Waals surface area (Å²) < 4.78 is 0. The number of carboxylic acids is 1. The van der Waals surface area contributed by atoms with Gasteiger partial charge in [0.25, 0.3) is 0 Å². The molecule has 22 heavy (non-hydrogen) atoms. The van der Waals surface area contributed by atoms with Crippen molar-refractivity contribution < 1.29 is 14.7 Å². The molecule has 0 spiro atoms. The van der Waals surface area contributed by atoms with Gasteiger partial charge in [-0.1, -0.05) is 17.7 Å². The van der Waals surface area contributed by atoms with Crippen LogP contribution in [0.5, 0.6) is 0 Å². The van der Waals surface area contributed by atoms with Gasteiger partial charge in [-0.05, 0) is 38.0 Å². The summed E-state index contributed by atoms with van der Waals surface area (Å²) in [7, 11) is 0. The number of carboxylic acid groups (broad SMARTS) is 1. The number of hydrogen-bond donors (Lipinski definition) is 1. The molecule has 0 radical (unpaired) electrons. The van der Waals surface area contributed by atoms with E-state index in [0.29, 0.717) is 31.1 Å². The minimum atomic E-state index is -0.785. The number of halogens is 1. The maximum atomic E-state index is 12.7. The summed E-state index contributed by atoms with van der Waals surface area (Å²) >= 11 is 5.99. The second-order valence-corrected chi connectivity index (χ2v) is 6.80. The number of likely N-dealkylation sites (tertiary alicyclic amines) is 1. The minimum Gasteiger partial charge on any atom is -0.481 e. The Morgan fingerprint density at radius 2 is 2.18 bits per heavy atom. The molecule has 2 heterocycles. The van der Waals surface area contributed by atoms with Crippen LogP contribution in [0, 0.1) is 5.41 Å². The lowest BCUT2D eigenvalue weighted by molar-refractivity contribution is -0.147. The number of amides is 1. The van der Waals surface area contributed by atoms with E-state index in [-0.39, 0.29) is 11.9 Å². The van der Waals surface area contributed by atoms with Crippen molar-refractivity contribution in [3.63, 3.8) is 0 Å². The monoisotopic (exact) mass is 322 g/mol. The Labute approximate surface area is 134 Å². The largest absolute Gasteiger partial charge is 0.481 e. The number of hydrogen-bond acceptors (Lipinski definition) is 3. The van der Waals surface area contributed by atoms with E-state index < -0.39 is 11.4 Å². The van der Waals surface area contributed by atoms with Crippen molar-refractivity contribution in [1.29, 1.82) is 0 Å². The number of carbonyl (C=O) groups is 2. The van der Waals surface area contributed by atoms with Gasteiger partial charge in [0, 0.05) is 30.3 Å². The van der Waals surface area contributed by atoms with Gasteiger partial charge in [-0.15, -0.1) is 0 Å². The van der Waals surface area contributed by atoms with Gasteiger partial charge < -0.3 is 10.0 Å². The third kappa shape index (κ3) is 2.59. The summed E-state index contributed by atoms with van der Waals surface area (Å²) in [5, 5.41) is 9.93. The zero-order chi connectivity index (χ0) is 15.9. The van der Waals surface area contributed by atoms with Crippen molar-refractivity contribution in [2.75, 3.05) is 24.5 Å². The quantitative estimate of drug-likeness (QED) is 0.927. The Morgan fingerprint density at radius 1 is 1.41 bits per heavy atom. The predicted octanol–water partition coefficient (Wildman–Crippen LogP) is 2.24. The zero-order valence-corrected chi connectivity index (χ0v) is 13.2. The third-order valence-electron chi connectivity index (χ3n) is 4.76. The van der Waals surface area contributed by atoms with Gasteiger partial charge in [0.15, 0.2) is 0 Å². The maximum absolute atomic E-state index is 12.7. The minimum absolute atomic E-state index is 0.0388. The smallest absolute Gasteiger partial charge is 0.310 e. The number of benzene rings is 1. The zero-order valence-electron chi connectivity index (χ0n) is 12.5. The van der Waals surface area contributed by atoms with E-state index >= 15 is 0 Å². The first-order valence-electron chi connectivity index (χ1n) is 7.45. The highest BCUT2D eigenvalue weighted by atomic mass is 35.5. The van der Waals surface area contributed by atoms with Crippen molar-refractivity contribution in [3.8, 4) is 0 Å². The molecule has 1 aromatic rings. The van der Waals surface area contributed by atoms with E-state index in [2.05, 4.69) is 0 Å². The Bertz CT molecular complexity index is 621. The van der Waals surface area contributed by atoms with Crippen LogP contribution in [0.25, 0.3) is 0 Å². The van der Waals surface area contributed by atoms with E-state index in [0.717, 1.165) is 12.1 Å². The van der Waals surface area contributed by atoms with E-state index in [1.807, 2.05) is 17.0 Å². The molecule has 6 heteroatoms. The second kappa shape index (κ2) is 5.56. The van der Waals surface area contributed by atoms with E-state index in [4.69, 9.17) is 11.6 Å². The van der Waals surface area contributed by atoms with Crippen LogP contribution in [0.2, 0.25) is 5.02 Å².